The van der Waals surface area contributed by atoms with Crippen molar-refractivity contribution in [2.24, 2.45) is 0 Å². The summed E-state index contributed by atoms with van der Waals surface area (Å²) in [5.74, 6) is 0.411. The van der Waals surface area contributed by atoms with Crippen molar-refractivity contribution in [3.63, 3.8) is 0 Å². The molecule has 3 aliphatic rings. The van der Waals surface area contributed by atoms with Crippen LogP contribution in [0.3, 0.4) is 0 Å². The Hall–Kier alpha value is -2.34. The molecule has 0 aromatic carbocycles. The lowest BCUT2D eigenvalue weighted by molar-refractivity contribution is 0.0266. The fourth-order valence-corrected chi connectivity index (χ4v) is 7.18. The Morgan fingerprint density at radius 3 is 2.57 bits per heavy atom. The maximum absolute atomic E-state index is 13.1. The first kappa shape index (κ1) is 26.3. The molecule has 2 saturated heterocycles. The van der Waals surface area contributed by atoms with Gasteiger partial charge in [0.15, 0.2) is 0 Å². The molecule has 0 amide bonds. The van der Waals surface area contributed by atoms with E-state index in [4.69, 9.17) is 4.98 Å². The molecule has 1 saturated carbocycles. The van der Waals surface area contributed by atoms with E-state index in [2.05, 4.69) is 15.2 Å². The molecule has 5 rings (SSSR count). The first-order valence-corrected chi connectivity index (χ1v) is 14.9. The minimum atomic E-state index is -3.43. The van der Waals surface area contributed by atoms with E-state index < -0.39 is 15.6 Å². The van der Waals surface area contributed by atoms with Crippen LogP contribution in [0.1, 0.15) is 63.5 Å². The summed E-state index contributed by atoms with van der Waals surface area (Å²) in [7, 11) is -3.43. The van der Waals surface area contributed by atoms with Gasteiger partial charge in [-0.1, -0.05) is 6.08 Å². The summed E-state index contributed by atoms with van der Waals surface area (Å²) in [5, 5.41) is 16.4. The second-order valence-electron chi connectivity index (χ2n) is 11.0. The van der Waals surface area contributed by atoms with Gasteiger partial charge in [0.25, 0.3) is 5.56 Å². The Labute approximate surface area is 218 Å². The monoisotopic (exact) mass is 530 g/mol. The number of piperidine rings is 1. The summed E-state index contributed by atoms with van der Waals surface area (Å²) in [6.07, 6.45) is 9.32. The van der Waals surface area contributed by atoms with Gasteiger partial charge in [0.05, 0.1) is 11.6 Å². The van der Waals surface area contributed by atoms with Crippen LogP contribution in [-0.4, -0.2) is 81.6 Å². The molecule has 0 unspecified atom stereocenters. The third kappa shape index (κ3) is 5.59. The molecule has 10 nitrogen and oxygen atoms in total. The smallest absolute Gasteiger partial charge is 0.255 e. The molecule has 0 radical (unpaired) electrons. The minimum Gasteiger partial charge on any atom is -0.388 e. The van der Waals surface area contributed by atoms with E-state index in [0.29, 0.717) is 56.1 Å². The van der Waals surface area contributed by atoms with Gasteiger partial charge in [0.1, 0.15) is 5.65 Å². The van der Waals surface area contributed by atoms with Gasteiger partial charge < -0.3 is 10.4 Å². The average Bonchev–Trinajstić information content (AvgIpc) is 3.50. The van der Waals surface area contributed by atoms with Crippen molar-refractivity contribution in [2.75, 3.05) is 38.0 Å². The first-order chi connectivity index (χ1) is 17.6. The third-order valence-electron chi connectivity index (χ3n) is 8.12. The number of nitrogens with zero attached hydrogens (tertiary/aromatic N) is 5. The highest BCUT2D eigenvalue weighted by Crippen LogP contribution is 2.39. The standard InChI is InChI=1S/C26H38N6O4S/c1-19-17-20-18-27-25(29-23(20)32(24(19)33)22-7-5-10-26(22,2)34)28-21-8-14-31(15-9-21)37(35,36)16-6-13-30-11-3-4-12-30/h6,16-18,21-22,34H,3-5,7-15H2,1-2H3,(H,27,28,29)/b16-6+/t22-,26-/m1/s1. The minimum absolute atomic E-state index is 0.0256. The summed E-state index contributed by atoms with van der Waals surface area (Å²) in [5.41, 5.74) is 0.0104. The molecule has 2 aromatic heterocycles. The number of pyridine rings is 1. The van der Waals surface area contributed by atoms with E-state index in [1.54, 1.807) is 36.8 Å². The molecule has 0 spiro atoms. The average molecular weight is 531 g/mol. The van der Waals surface area contributed by atoms with Gasteiger partial charge in [-0.05, 0) is 77.9 Å². The van der Waals surface area contributed by atoms with Crippen LogP contribution < -0.4 is 10.9 Å². The van der Waals surface area contributed by atoms with Gasteiger partial charge in [-0.15, -0.1) is 0 Å². The van der Waals surface area contributed by atoms with Crippen LogP contribution >= 0.6 is 0 Å². The Balaban J connectivity index is 1.27. The fraction of sp³-hybridized carbons (Fsp3) is 0.654. The van der Waals surface area contributed by atoms with E-state index in [0.717, 1.165) is 31.3 Å². The van der Waals surface area contributed by atoms with Crippen molar-refractivity contribution in [1.29, 1.82) is 0 Å². The molecule has 2 aliphatic heterocycles. The molecule has 2 atom stereocenters. The van der Waals surface area contributed by atoms with Crippen LogP contribution in [0.2, 0.25) is 0 Å². The van der Waals surface area contributed by atoms with Crippen molar-refractivity contribution in [2.45, 2.75) is 76.5 Å². The zero-order valence-electron chi connectivity index (χ0n) is 21.8. The van der Waals surface area contributed by atoms with Gasteiger partial charge in [-0.25, -0.2) is 13.4 Å². The van der Waals surface area contributed by atoms with Crippen molar-refractivity contribution >= 4 is 27.0 Å². The summed E-state index contributed by atoms with van der Waals surface area (Å²) in [6, 6.07) is 1.48. The molecule has 1 aliphatic carbocycles. The van der Waals surface area contributed by atoms with E-state index in [9.17, 15) is 18.3 Å². The highest BCUT2D eigenvalue weighted by Gasteiger charge is 2.39. The molecule has 11 heteroatoms. The lowest BCUT2D eigenvalue weighted by Crippen LogP contribution is -2.42. The van der Waals surface area contributed by atoms with E-state index in [1.165, 1.54) is 22.6 Å². The van der Waals surface area contributed by atoms with E-state index in [1.807, 2.05) is 0 Å². The van der Waals surface area contributed by atoms with E-state index in [-0.39, 0.29) is 17.6 Å². The number of aromatic nitrogens is 3. The van der Waals surface area contributed by atoms with E-state index >= 15 is 0 Å². The summed E-state index contributed by atoms with van der Waals surface area (Å²) >= 11 is 0. The number of hydrogen-bond donors (Lipinski definition) is 2. The second kappa shape index (κ2) is 10.4. The van der Waals surface area contributed by atoms with Crippen LogP contribution in [0.5, 0.6) is 0 Å². The maximum atomic E-state index is 13.1. The van der Waals surface area contributed by atoms with Gasteiger partial charge in [-0.2, -0.15) is 9.29 Å². The van der Waals surface area contributed by atoms with Crippen molar-refractivity contribution in [3.05, 3.63) is 39.7 Å². The zero-order valence-corrected chi connectivity index (χ0v) is 22.6. The summed E-state index contributed by atoms with van der Waals surface area (Å²) in [6.45, 7) is 7.17. The number of likely N-dealkylation sites (tertiary alicyclic amines) is 1. The highest BCUT2D eigenvalue weighted by atomic mass is 32.2. The van der Waals surface area contributed by atoms with Gasteiger partial charge in [0, 0.05) is 48.2 Å². The summed E-state index contributed by atoms with van der Waals surface area (Å²) < 4.78 is 28.7. The van der Waals surface area contributed by atoms with Crippen LogP contribution in [-0.2, 0) is 10.0 Å². The molecule has 3 fully saturated rings. The molecule has 0 bridgehead atoms. The normalized spacial score (nSPS) is 26.5. The number of anilines is 1. The molecular weight excluding hydrogens is 492 g/mol. The molecule has 4 heterocycles. The molecule has 37 heavy (non-hydrogen) atoms. The van der Waals surface area contributed by atoms with Crippen molar-refractivity contribution in [1.82, 2.24) is 23.7 Å². The molecular formula is C26H38N6O4S. The number of sulfonamides is 1. The Bertz CT molecular complexity index is 1320. The number of nitrogens with one attached hydrogen (secondary N) is 1. The number of rotatable bonds is 7. The Morgan fingerprint density at radius 1 is 1.16 bits per heavy atom. The quantitative estimate of drug-likeness (QED) is 0.560. The Morgan fingerprint density at radius 2 is 1.89 bits per heavy atom. The first-order valence-electron chi connectivity index (χ1n) is 13.4. The molecule has 2 N–H and O–H groups in total. The number of hydrogen-bond acceptors (Lipinski definition) is 8. The predicted octanol–water partition coefficient (Wildman–Crippen LogP) is 2.39. The highest BCUT2D eigenvalue weighted by molar-refractivity contribution is 7.92. The third-order valence-corrected chi connectivity index (χ3v) is 9.74. The van der Waals surface area contributed by atoms with Gasteiger partial charge >= 0.3 is 0 Å². The van der Waals surface area contributed by atoms with Gasteiger partial charge in [-0.3, -0.25) is 14.3 Å². The lowest BCUT2D eigenvalue weighted by atomic mass is 9.99. The van der Waals surface area contributed by atoms with Crippen LogP contribution in [0, 0.1) is 6.92 Å². The molecule has 2 aromatic rings. The number of aryl methyl sites for hydroxylation is 1. The topological polar surface area (TPSA) is 121 Å². The predicted molar refractivity (Wildman–Crippen MR) is 144 cm³/mol. The fourth-order valence-electron chi connectivity index (χ4n) is 5.96. The largest absolute Gasteiger partial charge is 0.388 e. The van der Waals surface area contributed by atoms with Crippen LogP contribution in [0.4, 0.5) is 5.95 Å². The van der Waals surface area contributed by atoms with Crippen LogP contribution in [0.25, 0.3) is 11.0 Å². The van der Waals surface area contributed by atoms with Crippen LogP contribution in [0.15, 0.2) is 28.5 Å². The lowest BCUT2D eigenvalue weighted by Gasteiger charge is -2.31. The maximum Gasteiger partial charge on any atom is 0.255 e. The number of fused-ring (bicyclic) bond motifs is 1. The van der Waals surface area contributed by atoms with Gasteiger partial charge in [0.2, 0.25) is 16.0 Å². The molecule has 202 valence electrons. The SMILES string of the molecule is Cc1cc2cnc(NC3CCN(S(=O)(=O)/C=C/CN4CCCC4)CC3)nc2n([C@@H]2CCC[C@@]2(C)O)c1=O. The van der Waals surface area contributed by atoms with Crippen molar-refractivity contribution in [3.8, 4) is 0 Å². The second-order valence-corrected chi connectivity index (χ2v) is 12.8. The summed E-state index contributed by atoms with van der Waals surface area (Å²) in [4.78, 5) is 24.6. The zero-order chi connectivity index (χ0) is 26.2. The Kier molecular flexibility index (Phi) is 7.41. The number of aliphatic hydroxyl groups is 1. The van der Waals surface area contributed by atoms with Crippen molar-refractivity contribution < 1.29 is 13.5 Å².